The average Bonchev–Trinajstić information content (AvgIpc) is 2.83. The van der Waals surface area contributed by atoms with Gasteiger partial charge in [-0.15, -0.1) is 5.10 Å². The molecule has 1 aromatic carbocycles. The summed E-state index contributed by atoms with van der Waals surface area (Å²) >= 11 is 0. The fourth-order valence-electron chi connectivity index (χ4n) is 4.12. The number of hydrogen-bond acceptors (Lipinski definition) is 7. The number of hydrogen-bond donors (Lipinski definition) is 1. The second-order valence-electron chi connectivity index (χ2n) is 9.85. The van der Waals surface area contributed by atoms with Crippen LogP contribution >= 0.6 is 0 Å². The molecule has 0 bridgehead atoms. The second-order valence-corrected chi connectivity index (χ2v) is 11.5. The second kappa shape index (κ2) is 9.91. The number of nitrogens with one attached hydrogen (secondary N) is 1. The van der Waals surface area contributed by atoms with Gasteiger partial charge >= 0.3 is 0 Å². The largest absolute Gasteiger partial charge is 0.478 e. The number of pyridine rings is 1. The predicted molar refractivity (Wildman–Crippen MR) is 136 cm³/mol. The summed E-state index contributed by atoms with van der Waals surface area (Å²) in [7, 11) is -3.79. The van der Waals surface area contributed by atoms with E-state index >= 15 is 0 Å². The monoisotopic (exact) mass is 495 g/mol. The maximum absolute atomic E-state index is 13.1. The standard InChI is InChI=1S/C26H33N5O3S/c1-6-34-25-12-8-20(16-27-25)18(2)31-14-13-19-7-9-22(15-21(19)17-31)35(32,33)30-24-11-10-23(28-29-24)26(3,4)5/h7-12,15-16,18H,6,13-14,17H2,1-5H3,(H,29,30)/t18-/m1/s1. The van der Waals surface area contributed by atoms with E-state index in [-0.39, 0.29) is 22.2 Å². The van der Waals surface area contributed by atoms with Crippen molar-refractivity contribution in [2.24, 2.45) is 0 Å². The smallest absolute Gasteiger partial charge is 0.263 e. The van der Waals surface area contributed by atoms with Gasteiger partial charge in [0, 0.05) is 36.8 Å². The molecule has 1 N–H and O–H groups in total. The Morgan fingerprint density at radius 3 is 2.51 bits per heavy atom. The molecule has 1 atom stereocenters. The molecule has 0 aliphatic carbocycles. The molecule has 0 amide bonds. The van der Waals surface area contributed by atoms with Crippen LogP contribution in [0.25, 0.3) is 0 Å². The predicted octanol–water partition coefficient (Wildman–Crippen LogP) is 4.49. The summed E-state index contributed by atoms with van der Waals surface area (Å²) in [5.41, 5.74) is 3.92. The number of rotatable bonds is 7. The topological polar surface area (TPSA) is 97.3 Å². The first-order valence-electron chi connectivity index (χ1n) is 11.9. The number of anilines is 1. The Hall–Kier alpha value is -3.04. The first-order valence-corrected chi connectivity index (χ1v) is 13.4. The molecule has 2 aromatic heterocycles. The molecule has 3 heterocycles. The van der Waals surface area contributed by atoms with Crippen molar-refractivity contribution in [1.29, 1.82) is 0 Å². The number of nitrogens with zero attached hydrogens (tertiary/aromatic N) is 4. The summed E-state index contributed by atoms with van der Waals surface area (Å²) in [4.78, 5) is 6.94. The fraction of sp³-hybridized carbons (Fsp3) is 0.423. The molecule has 4 rings (SSSR count). The minimum Gasteiger partial charge on any atom is -0.478 e. The number of benzene rings is 1. The Kier molecular flexibility index (Phi) is 7.10. The quantitative estimate of drug-likeness (QED) is 0.516. The van der Waals surface area contributed by atoms with E-state index < -0.39 is 10.0 Å². The molecule has 0 fully saturated rings. The van der Waals surface area contributed by atoms with Crippen LogP contribution in [-0.4, -0.2) is 41.7 Å². The van der Waals surface area contributed by atoms with Gasteiger partial charge in [-0.05, 0) is 61.2 Å². The Bertz CT molecular complexity index is 1270. The van der Waals surface area contributed by atoms with Crippen LogP contribution in [0.15, 0.2) is 53.6 Å². The van der Waals surface area contributed by atoms with E-state index in [0.29, 0.717) is 19.0 Å². The highest BCUT2D eigenvalue weighted by Crippen LogP contribution is 2.30. The normalized spacial score (nSPS) is 15.3. The van der Waals surface area contributed by atoms with Crippen LogP contribution < -0.4 is 9.46 Å². The van der Waals surface area contributed by atoms with E-state index in [1.165, 1.54) is 5.56 Å². The van der Waals surface area contributed by atoms with E-state index in [0.717, 1.165) is 29.8 Å². The molecule has 0 radical (unpaired) electrons. The Morgan fingerprint density at radius 2 is 1.89 bits per heavy atom. The zero-order valence-corrected chi connectivity index (χ0v) is 21.8. The van der Waals surface area contributed by atoms with E-state index in [1.54, 1.807) is 24.3 Å². The highest BCUT2D eigenvalue weighted by atomic mass is 32.2. The van der Waals surface area contributed by atoms with Crippen LogP contribution in [0, 0.1) is 0 Å². The third-order valence-corrected chi connectivity index (χ3v) is 7.64. The van der Waals surface area contributed by atoms with Crippen LogP contribution in [0.2, 0.25) is 0 Å². The highest BCUT2D eigenvalue weighted by Gasteiger charge is 2.25. The van der Waals surface area contributed by atoms with Gasteiger partial charge in [0.15, 0.2) is 5.82 Å². The first kappa shape index (κ1) is 25.1. The summed E-state index contributed by atoms with van der Waals surface area (Å²) in [6.45, 7) is 12.3. The van der Waals surface area contributed by atoms with E-state index in [1.807, 2.05) is 52.1 Å². The lowest BCUT2D eigenvalue weighted by Crippen LogP contribution is -2.33. The van der Waals surface area contributed by atoms with E-state index in [2.05, 4.69) is 31.7 Å². The van der Waals surface area contributed by atoms with Gasteiger partial charge in [-0.3, -0.25) is 9.62 Å². The molecule has 0 saturated heterocycles. The van der Waals surface area contributed by atoms with Gasteiger partial charge < -0.3 is 4.74 Å². The van der Waals surface area contributed by atoms with Crippen LogP contribution in [0.5, 0.6) is 5.88 Å². The van der Waals surface area contributed by atoms with Crippen molar-refractivity contribution in [2.75, 3.05) is 17.9 Å². The molecule has 8 nitrogen and oxygen atoms in total. The highest BCUT2D eigenvalue weighted by molar-refractivity contribution is 7.92. The molecular formula is C26H33N5O3S. The molecular weight excluding hydrogens is 462 g/mol. The van der Waals surface area contributed by atoms with Crippen LogP contribution in [0.4, 0.5) is 5.82 Å². The van der Waals surface area contributed by atoms with Crippen molar-refractivity contribution in [2.45, 2.75) is 63.9 Å². The van der Waals surface area contributed by atoms with Crippen molar-refractivity contribution in [1.82, 2.24) is 20.1 Å². The van der Waals surface area contributed by atoms with Gasteiger partial charge in [-0.2, -0.15) is 5.10 Å². The zero-order valence-electron chi connectivity index (χ0n) is 20.9. The number of aromatic nitrogens is 3. The minimum atomic E-state index is -3.79. The van der Waals surface area contributed by atoms with Crippen molar-refractivity contribution < 1.29 is 13.2 Å². The Labute approximate surface area is 207 Å². The molecule has 35 heavy (non-hydrogen) atoms. The van der Waals surface area contributed by atoms with Gasteiger partial charge in [-0.25, -0.2) is 13.4 Å². The number of fused-ring (bicyclic) bond motifs is 1. The van der Waals surface area contributed by atoms with Gasteiger partial charge in [0.05, 0.1) is 17.2 Å². The summed E-state index contributed by atoms with van der Waals surface area (Å²) < 4.78 is 34.2. The SMILES string of the molecule is CCOc1ccc([C@@H](C)N2CCc3ccc(S(=O)(=O)Nc4ccc(C(C)(C)C)nn4)cc3C2)cn1. The fourth-order valence-corrected chi connectivity index (χ4v) is 5.17. The van der Waals surface area contributed by atoms with Gasteiger partial charge in [0.1, 0.15) is 0 Å². The summed E-state index contributed by atoms with van der Waals surface area (Å²) in [6.07, 6.45) is 2.71. The molecule has 9 heteroatoms. The molecule has 0 spiro atoms. The lowest BCUT2D eigenvalue weighted by molar-refractivity contribution is 0.191. The molecule has 186 valence electrons. The van der Waals surface area contributed by atoms with Crippen LogP contribution in [0.3, 0.4) is 0 Å². The minimum absolute atomic E-state index is 0.140. The average molecular weight is 496 g/mol. The summed E-state index contributed by atoms with van der Waals surface area (Å²) in [5.74, 6) is 0.821. The maximum atomic E-state index is 13.1. The lowest BCUT2D eigenvalue weighted by Gasteiger charge is -2.34. The first-order chi connectivity index (χ1) is 16.6. The Morgan fingerprint density at radius 1 is 1.09 bits per heavy atom. The third-order valence-electron chi connectivity index (χ3n) is 6.28. The van der Waals surface area contributed by atoms with Gasteiger partial charge in [0.25, 0.3) is 10.0 Å². The Balaban J connectivity index is 1.49. The van der Waals surface area contributed by atoms with Crippen molar-refractivity contribution in [3.8, 4) is 5.88 Å². The summed E-state index contributed by atoms with van der Waals surface area (Å²) in [5, 5.41) is 8.24. The molecule has 1 aliphatic rings. The van der Waals surface area contributed by atoms with Crippen LogP contribution in [-0.2, 0) is 28.4 Å². The summed E-state index contributed by atoms with van der Waals surface area (Å²) in [6, 6.07) is 12.9. The molecule has 1 aliphatic heterocycles. The van der Waals surface area contributed by atoms with Crippen LogP contribution in [0.1, 0.15) is 63.0 Å². The van der Waals surface area contributed by atoms with Crippen molar-refractivity contribution in [3.05, 3.63) is 71.0 Å². The van der Waals surface area contributed by atoms with Gasteiger partial charge in [-0.1, -0.05) is 32.9 Å². The van der Waals surface area contributed by atoms with Crippen molar-refractivity contribution >= 4 is 15.8 Å². The zero-order chi connectivity index (χ0) is 25.2. The number of ether oxygens (including phenoxy) is 1. The molecule has 0 saturated carbocycles. The van der Waals surface area contributed by atoms with Gasteiger partial charge in [0.2, 0.25) is 5.88 Å². The maximum Gasteiger partial charge on any atom is 0.263 e. The van der Waals surface area contributed by atoms with E-state index in [4.69, 9.17) is 4.74 Å². The molecule has 3 aromatic rings. The number of sulfonamides is 1. The lowest BCUT2D eigenvalue weighted by atomic mass is 9.92. The van der Waals surface area contributed by atoms with E-state index in [9.17, 15) is 8.42 Å². The molecule has 0 unspecified atom stereocenters. The third kappa shape index (κ3) is 5.79. The van der Waals surface area contributed by atoms with Crippen molar-refractivity contribution in [3.63, 3.8) is 0 Å².